The van der Waals surface area contributed by atoms with Crippen LogP contribution >= 0.6 is 0 Å². The minimum absolute atomic E-state index is 0.0221. The van der Waals surface area contributed by atoms with Crippen molar-refractivity contribution >= 4 is 5.91 Å². The zero-order valence-corrected chi connectivity index (χ0v) is 12.3. The Hall–Kier alpha value is -2.18. The zero-order valence-electron chi connectivity index (χ0n) is 12.3. The Kier molecular flexibility index (Phi) is 3.48. The second-order valence-electron chi connectivity index (χ2n) is 5.54. The first-order chi connectivity index (χ1) is 10.1. The summed E-state index contributed by atoms with van der Waals surface area (Å²) in [6, 6.07) is -0.215. The molecular weight excluding hydrogens is 272 g/mol. The van der Waals surface area contributed by atoms with Crippen molar-refractivity contribution in [1.29, 1.82) is 0 Å². The van der Waals surface area contributed by atoms with Crippen LogP contribution in [0, 0.1) is 12.8 Å². The molecule has 2 atom stereocenters. The zero-order chi connectivity index (χ0) is 15.0. The highest BCUT2D eigenvalue weighted by Crippen LogP contribution is 2.30. The van der Waals surface area contributed by atoms with E-state index in [1.54, 1.807) is 0 Å². The van der Waals surface area contributed by atoms with Crippen LogP contribution in [0.4, 0.5) is 0 Å². The molecule has 1 aliphatic rings. The van der Waals surface area contributed by atoms with Crippen molar-refractivity contribution in [2.45, 2.75) is 46.1 Å². The number of carbonyl (C=O) groups is 1. The van der Waals surface area contributed by atoms with Gasteiger partial charge in [-0.15, -0.1) is 0 Å². The molecule has 3 rings (SSSR count). The van der Waals surface area contributed by atoms with Crippen LogP contribution in [0.15, 0.2) is 9.05 Å². The van der Waals surface area contributed by atoms with Gasteiger partial charge in [-0.05, 0) is 25.7 Å². The van der Waals surface area contributed by atoms with Crippen molar-refractivity contribution in [1.82, 2.24) is 20.6 Å². The van der Waals surface area contributed by atoms with Crippen molar-refractivity contribution < 1.29 is 13.8 Å². The van der Waals surface area contributed by atoms with Crippen LogP contribution in [-0.4, -0.2) is 21.2 Å². The standard InChI is InChI=1S/C14H18N4O3/c1-4-9-12(8(3)20-17-9)13-16-14(21-18-13)10-5-7(2)6-11(19)15-10/h7,10H,4-6H2,1-3H3,(H,15,19)/t7-,10-/m0/s1. The van der Waals surface area contributed by atoms with E-state index < -0.39 is 0 Å². The molecule has 0 bridgehead atoms. The average Bonchev–Trinajstić information content (AvgIpc) is 3.03. The fourth-order valence-electron chi connectivity index (χ4n) is 2.70. The highest BCUT2D eigenvalue weighted by molar-refractivity contribution is 5.77. The maximum atomic E-state index is 11.6. The van der Waals surface area contributed by atoms with Crippen molar-refractivity contribution in [2.24, 2.45) is 5.92 Å². The van der Waals surface area contributed by atoms with Crippen molar-refractivity contribution in [3.63, 3.8) is 0 Å². The van der Waals surface area contributed by atoms with E-state index in [0.717, 1.165) is 24.1 Å². The third-order valence-electron chi connectivity index (χ3n) is 3.74. The third kappa shape index (κ3) is 2.55. The van der Waals surface area contributed by atoms with E-state index in [0.29, 0.717) is 29.8 Å². The first-order valence-corrected chi connectivity index (χ1v) is 7.17. The van der Waals surface area contributed by atoms with Crippen LogP contribution in [0.1, 0.15) is 50.1 Å². The summed E-state index contributed by atoms with van der Waals surface area (Å²) in [6.07, 6.45) is 2.08. The van der Waals surface area contributed by atoms with Gasteiger partial charge in [0.15, 0.2) is 0 Å². The maximum absolute atomic E-state index is 11.6. The molecule has 2 aromatic rings. The van der Waals surface area contributed by atoms with Crippen LogP contribution in [0.25, 0.3) is 11.4 Å². The van der Waals surface area contributed by atoms with E-state index in [4.69, 9.17) is 9.05 Å². The predicted molar refractivity (Wildman–Crippen MR) is 73.2 cm³/mol. The molecule has 7 heteroatoms. The number of aryl methyl sites for hydroxylation is 2. The summed E-state index contributed by atoms with van der Waals surface area (Å²) >= 11 is 0. The highest BCUT2D eigenvalue weighted by Gasteiger charge is 2.30. The monoisotopic (exact) mass is 290 g/mol. The minimum Gasteiger partial charge on any atom is -0.361 e. The van der Waals surface area contributed by atoms with Gasteiger partial charge < -0.3 is 14.4 Å². The fourth-order valence-corrected chi connectivity index (χ4v) is 2.70. The summed E-state index contributed by atoms with van der Waals surface area (Å²) in [6.45, 7) is 5.86. The van der Waals surface area contributed by atoms with Gasteiger partial charge in [0.05, 0.1) is 11.3 Å². The molecule has 0 radical (unpaired) electrons. The second-order valence-corrected chi connectivity index (χ2v) is 5.54. The van der Waals surface area contributed by atoms with Gasteiger partial charge >= 0.3 is 0 Å². The number of rotatable bonds is 3. The first-order valence-electron chi connectivity index (χ1n) is 7.17. The van der Waals surface area contributed by atoms with E-state index >= 15 is 0 Å². The Morgan fingerprint density at radius 2 is 2.14 bits per heavy atom. The molecule has 21 heavy (non-hydrogen) atoms. The largest absolute Gasteiger partial charge is 0.361 e. The number of piperidine rings is 1. The number of carbonyl (C=O) groups excluding carboxylic acids is 1. The molecule has 0 unspecified atom stereocenters. The van der Waals surface area contributed by atoms with Crippen molar-refractivity contribution in [3.05, 3.63) is 17.3 Å². The Bertz CT molecular complexity index is 661. The van der Waals surface area contributed by atoms with Gasteiger partial charge in [-0.1, -0.05) is 24.2 Å². The lowest BCUT2D eigenvalue weighted by atomic mass is 9.94. The lowest BCUT2D eigenvalue weighted by Crippen LogP contribution is -2.36. The topological polar surface area (TPSA) is 94.0 Å². The van der Waals surface area contributed by atoms with E-state index in [1.807, 2.05) is 20.8 Å². The number of hydrogen-bond acceptors (Lipinski definition) is 6. The van der Waals surface area contributed by atoms with Crippen LogP contribution in [0.3, 0.4) is 0 Å². The van der Waals surface area contributed by atoms with Gasteiger partial charge in [0.25, 0.3) is 0 Å². The summed E-state index contributed by atoms with van der Waals surface area (Å²) < 4.78 is 10.5. The summed E-state index contributed by atoms with van der Waals surface area (Å²) in [4.78, 5) is 16.0. The molecule has 0 aromatic carbocycles. The van der Waals surface area contributed by atoms with Gasteiger partial charge in [0, 0.05) is 6.42 Å². The smallest absolute Gasteiger partial charge is 0.249 e. The Morgan fingerprint density at radius 1 is 1.33 bits per heavy atom. The van der Waals surface area contributed by atoms with Crippen LogP contribution in [0.5, 0.6) is 0 Å². The predicted octanol–water partition coefficient (Wildman–Crippen LogP) is 2.18. The second kappa shape index (κ2) is 5.31. The van der Waals surface area contributed by atoms with Gasteiger partial charge in [-0.25, -0.2) is 0 Å². The van der Waals surface area contributed by atoms with Gasteiger partial charge in [0.1, 0.15) is 11.8 Å². The highest BCUT2D eigenvalue weighted by atomic mass is 16.5. The van der Waals surface area contributed by atoms with E-state index in [-0.39, 0.29) is 11.9 Å². The fraction of sp³-hybridized carbons (Fsp3) is 0.571. The third-order valence-corrected chi connectivity index (χ3v) is 3.74. The Labute approximate surface area is 122 Å². The van der Waals surface area contributed by atoms with Crippen molar-refractivity contribution in [3.8, 4) is 11.4 Å². The number of aromatic nitrogens is 3. The molecule has 1 amide bonds. The molecule has 3 heterocycles. The lowest BCUT2D eigenvalue weighted by Gasteiger charge is -2.24. The van der Waals surface area contributed by atoms with Crippen LogP contribution in [-0.2, 0) is 11.2 Å². The van der Waals surface area contributed by atoms with E-state index in [9.17, 15) is 4.79 Å². The number of nitrogens with one attached hydrogen (secondary N) is 1. The minimum atomic E-state index is -0.215. The van der Waals surface area contributed by atoms with Gasteiger partial charge in [0.2, 0.25) is 17.6 Å². The van der Waals surface area contributed by atoms with Crippen LogP contribution in [0.2, 0.25) is 0 Å². The van der Waals surface area contributed by atoms with E-state index in [1.165, 1.54) is 0 Å². The van der Waals surface area contributed by atoms with Crippen molar-refractivity contribution in [2.75, 3.05) is 0 Å². The molecule has 2 aromatic heterocycles. The molecule has 112 valence electrons. The SMILES string of the molecule is CCc1noc(C)c1-c1noc([C@@H]2C[C@H](C)CC(=O)N2)n1. The molecule has 1 aliphatic heterocycles. The Balaban J connectivity index is 1.89. The molecule has 7 nitrogen and oxygen atoms in total. The molecule has 1 N–H and O–H groups in total. The quantitative estimate of drug-likeness (QED) is 0.931. The molecule has 0 saturated carbocycles. The number of amides is 1. The molecular formula is C14H18N4O3. The summed E-state index contributed by atoms with van der Waals surface area (Å²) in [5.41, 5.74) is 1.59. The number of hydrogen-bond donors (Lipinski definition) is 1. The Morgan fingerprint density at radius 3 is 2.86 bits per heavy atom. The van der Waals surface area contributed by atoms with Gasteiger partial charge in [-0.2, -0.15) is 4.98 Å². The summed E-state index contributed by atoms with van der Waals surface area (Å²) in [5, 5.41) is 10.9. The van der Waals surface area contributed by atoms with E-state index in [2.05, 4.69) is 20.6 Å². The van der Waals surface area contributed by atoms with Crippen LogP contribution < -0.4 is 5.32 Å². The summed E-state index contributed by atoms with van der Waals surface area (Å²) in [5.74, 6) is 1.90. The van der Waals surface area contributed by atoms with Gasteiger partial charge in [-0.3, -0.25) is 4.79 Å². The first kappa shape index (κ1) is 13.8. The maximum Gasteiger partial charge on any atom is 0.249 e. The molecule has 1 saturated heterocycles. The molecule has 0 spiro atoms. The lowest BCUT2D eigenvalue weighted by molar-refractivity contribution is -0.124. The normalized spacial score (nSPS) is 22.3. The molecule has 0 aliphatic carbocycles. The molecule has 1 fully saturated rings. The average molecular weight is 290 g/mol. The number of nitrogens with zero attached hydrogens (tertiary/aromatic N) is 3. The summed E-state index contributed by atoms with van der Waals surface area (Å²) in [7, 11) is 0.